The van der Waals surface area contributed by atoms with Gasteiger partial charge in [-0.15, -0.1) is 10.2 Å². The summed E-state index contributed by atoms with van der Waals surface area (Å²) >= 11 is 0. The molecule has 0 saturated heterocycles. The molecule has 6 heteroatoms. The number of aromatic nitrogens is 3. The van der Waals surface area contributed by atoms with Crippen LogP contribution in [-0.2, 0) is 22.4 Å². The second-order valence-corrected chi connectivity index (χ2v) is 7.25. The maximum absolute atomic E-state index is 12.3. The zero-order valence-corrected chi connectivity index (χ0v) is 16.0. The number of nitrogens with one attached hydrogen (secondary N) is 1. The van der Waals surface area contributed by atoms with Crippen molar-refractivity contribution < 1.29 is 9.53 Å². The van der Waals surface area contributed by atoms with Gasteiger partial charge < -0.3 is 10.1 Å². The first-order chi connectivity index (χ1) is 13.1. The molecule has 4 rings (SSSR count). The Bertz CT molecular complexity index is 951. The van der Waals surface area contributed by atoms with Gasteiger partial charge in [-0.3, -0.25) is 9.36 Å². The zero-order valence-electron chi connectivity index (χ0n) is 16.0. The fourth-order valence-corrected chi connectivity index (χ4v) is 3.86. The van der Waals surface area contributed by atoms with Gasteiger partial charge in [-0.05, 0) is 60.6 Å². The first-order valence-corrected chi connectivity index (χ1v) is 9.26. The Balaban J connectivity index is 1.67. The summed E-state index contributed by atoms with van der Waals surface area (Å²) in [6.45, 7) is 2.09. The summed E-state index contributed by atoms with van der Waals surface area (Å²) in [6, 6.07) is 6.48. The predicted octanol–water partition coefficient (Wildman–Crippen LogP) is 2.83. The van der Waals surface area contributed by atoms with Gasteiger partial charge in [-0.1, -0.05) is 12.1 Å². The van der Waals surface area contributed by atoms with Crippen LogP contribution in [0.4, 0.5) is 0 Å². The fraction of sp³-hybridized carbons (Fsp3) is 0.381. The molecule has 1 fully saturated rings. The summed E-state index contributed by atoms with van der Waals surface area (Å²) in [6.07, 6.45) is 9.31. The van der Waals surface area contributed by atoms with Crippen LogP contribution >= 0.6 is 0 Å². The molecule has 1 aromatic heterocycles. The zero-order chi connectivity index (χ0) is 19.0. The number of methoxy groups -OCH3 is 1. The third-order valence-corrected chi connectivity index (χ3v) is 5.58. The maximum Gasteiger partial charge on any atom is 0.316 e. The molecule has 2 aromatic rings. The number of hydrogen-bond donors (Lipinski definition) is 1. The molecule has 0 unspecified atom stereocenters. The predicted molar refractivity (Wildman–Crippen MR) is 103 cm³/mol. The monoisotopic (exact) mass is 364 g/mol. The average molecular weight is 364 g/mol. The largest absolute Gasteiger partial charge is 0.468 e. The lowest BCUT2D eigenvalue weighted by atomic mass is 9.91. The van der Waals surface area contributed by atoms with Crippen LogP contribution in [0.25, 0.3) is 11.3 Å². The van der Waals surface area contributed by atoms with Crippen molar-refractivity contribution >= 4 is 11.5 Å². The molecule has 6 nitrogen and oxygen atoms in total. The highest BCUT2D eigenvalue weighted by atomic mass is 16.5. The molecule has 0 spiro atoms. The van der Waals surface area contributed by atoms with E-state index in [1.165, 1.54) is 12.7 Å². The molecular formula is C21H24N4O2. The van der Waals surface area contributed by atoms with Crippen LogP contribution in [0, 0.1) is 5.41 Å². The first-order valence-electron chi connectivity index (χ1n) is 9.26. The van der Waals surface area contributed by atoms with Crippen LogP contribution in [0.3, 0.4) is 0 Å². The van der Waals surface area contributed by atoms with E-state index in [-0.39, 0.29) is 5.97 Å². The lowest BCUT2D eigenvalue weighted by Crippen LogP contribution is -2.20. The van der Waals surface area contributed by atoms with E-state index >= 15 is 0 Å². The lowest BCUT2D eigenvalue weighted by Gasteiger charge is -2.19. The minimum absolute atomic E-state index is 0.154. The van der Waals surface area contributed by atoms with E-state index in [0.29, 0.717) is 0 Å². The number of carbonyl (C=O) groups excluding carboxylic acids is 1. The molecule has 2 aliphatic rings. The number of nitrogens with zero attached hydrogens (tertiary/aromatic N) is 3. The number of allylic oxidation sites excluding steroid dienone is 2. The van der Waals surface area contributed by atoms with Gasteiger partial charge in [0.25, 0.3) is 0 Å². The summed E-state index contributed by atoms with van der Waals surface area (Å²) in [4.78, 5) is 12.3. The van der Waals surface area contributed by atoms with Gasteiger partial charge in [0.15, 0.2) is 0 Å². The quantitative estimate of drug-likeness (QED) is 0.653. The molecule has 1 saturated carbocycles. The SMILES string of the molecule is CN/C=C(\C=C(/C)c1ccc2c(c1)CCc1nncn1-2)C1(C(=O)OC)CC1. The number of carbonyl (C=O) groups is 1. The molecule has 0 radical (unpaired) electrons. The van der Waals surface area contributed by atoms with Crippen molar-refractivity contribution in [3.05, 3.63) is 59.3 Å². The summed E-state index contributed by atoms with van der Waals surface area (Å²) in [5.74, 6) is 0.856. The third-order valence-electron chi connectivity index (χ3n) is 5.58. The van der Waals surface area contributed by atoms with Gasteiger partial charge in [0.2, 0.25) is 0 Å². The highest BCUT2D eigenvalue weighted by Crippen LogP contribution is 2.53. The van der Waals surface area contributed by atoms with Crippen molar-refractivity contribution in [1.82, 2.24) is 20.1 Å². The van der Waals surface area contributed by atoms with E-state index in [2.05, 4.69) is 51.3 Å². The third kappa shape index (κ3) is 2.95. The molecule has 2 heterocycles. The van der Waals surface area contributed by atoms with E-state index in [4.69, 9.17) is 4.74 Å². The molecule has 140 valence electrons. The van der Waals surface area contributed by atoms with Crippen molar-refractivity contribution in [2.75, 3.05) is 14.2 Å². The van der Waals surface area contributed by atoms with Gasteiger partial charge in [-0.2, -0.15) is 0 Å². The summed E-state index contributed by atoms with van der Waals surface area (Å²) < 4.78 is 7.10. The highest BCUT2D eigenvalue weighted by Gasteiger charge is 2.53. The fourth-order valence-electron chi connectivity index (χ4n) is 3.86. The van der Waals surface area contributed by atoms with Crippen LogP contribution < -0.4 is 5.32 Å². The van der Waals surface area contributed by atoms with Gasteiger partial charge in [0.05, 0.1) is 18.2 Å². The molecule has 27 heavy (non-hydrogen) atoms. The second-order valence-electron chi connectivity index (χ2n) is 7.25. The molecular weight excluding hydrogens is 340 g/mol. The summed E-state index contributed by atoms with van der Waals surface area (Å²) in [7, 11) is 3.31. The topological polar surface area (TPSA) is 69.0 Å². The average Bonchev–Trinajstić information content (AvgIpc) is 3.36. The number of hydrogen-bond acceptors (Lipinski definition) is 5. The van der Waals surface area contributed by atoms with E-state index in [1.807, 2.05) is 13.2 Å². The molecule has 0 bridgehead atoms. The summed E-state index contributed by atoms with van der Waals surface area (Å²) in [5.41, 5.74) is 5.22. The van der Waals surface area contributed by atoms with Gasteiger partial charge >= 0.3 is 5.97 Å². The lowest BCUT2D eigenvalue weighted by molar-refractivity contribution is -0.145. The molecule has 1 aromatic carbocycles. The van der Waals surface area contributed by atoms with Crippen molar-refractivity contribution in [2.24, 2.45) is 5.41 Å². The van der Waals surface area contributed by atoms with Gasteiger partial charge in [-0.25, -0.2) is 0 Å². The minimum atomic E-state index is -0.495. The van der Waals surface area contributed by atoms with Crippen molar-refractivity contribution in [3.63, 3.8) is 0 Å². The molecule has 1 N–H and O–H groups in total. The normalized spacial score (nSPS) is 17.7. The summed E-state index contributed by atoms with van der Waals surface area (Å²) in [5, 5.41) is 11.3. The van der Waals surface area contributed by atoms with Crippen molar-refractivity contribution in [2.45, 2.75) is 32.6 Å². The van der Waals surface area contributed by atoms with Gasteiger partial charge in [0.1, 0.15) is 12.2 Å². The smallest absolute Gasteiger partial charge is 0.316 e. The number of esters is 1. The second kappa shape index (κ2) is 6.68. The van der Waals surface area contributed by atoms with Gasteiger partial charge in [0, 0.05) is 19.7 Å². The number of benzene rings is 1. The van der Waals surface area contributed by atoms with Crippen LogP contribution in [0.2, 0.25) is 0 Å². The highest BCUT2D eigenvalue weighted by molar-refractivity contribution is 5.86. The number of ether oxygens (including phenoxy) is 1. The Hall–Kier alpha value is -2.89. The van der Waals surface area contributed by atoms with Crippen molar-refractivity contribution in [1.29, 1.82) is 0 Å². The standard InChI is InChI=1S/C21H24N4O2/c1-14(10-17(12-22-2)21(8-9-21)20(26)27-3)15-4-6-18-16(11-15)5-7-19-24-23-13-25(18)19/h4,6,10-13,22H,5,7-9H2,1-3H3/b14-10+,17-12+. The van der Waals surface area contributed by atoms with Crippen molar-refractivity contribution in [3.8, 4) is 5.69 Å². The Labute approximate surface area is 158 Å². The minimum Gasteiger partial charge on any atom is -0.468 e. The number of rotatable bonds is 5. The Kier molecular flexibility index (Phi) is 4.34. The first kappa shape index (κ1) is 17.5. The van der Waals surface area contributed by atoms with Crippen LogP contribution in [0.5, 0.6) is 0 Å². The Morgan fingerprint density at radius 1 is 1.33 bits per heavy atom. The number of aryl methyl sites for hydroxylation is 2. The van der Waals surface area contributed by atoms with Crippen LogP contribution in [-0.4, -0.2) is 34.9 Å². The maximum atomic E-state index is 12.3. The van der Waals surface area contributed by atoms with Crippen LogP contribution in [0.15, 0.2) is 42.4 Å². The Morgan fingerprint density at radius 2 is 2.15 bits per heavy atom. The van der Waals surface area contributed by atoms with Crippen LogP contribution in [0.1, 0.15) is 36.7 Å². The van der Waals surface area contributed by atoms with E-state index in [0.717, 1.165) is 53.9 Å². The molecule has 0 amide bonds. The molecule has 0 atom stereocenters. The van der Waals surface area contributed by atoms with E-state index in [9.17, 15) is 4.79 Å². The Morgan fingerprint density at radius 3 is 2.85 bits per heavy atom. The number of fused-ring (bicyclic) bond motifs is 3. The molecule has 1 aliphatic heterocycles. The molecule has 1 aliphatic carbocycles. The van der Waals surface area contributed by atoms with E-state index < -0.39 is 5.41 Å². The van der Waals surface area contributed by atoms with E-state index in [1.54, 1.807) is 6.33 Å².